The minimum atomic E-state index is 0.467. The molecular weight excluding hydrogens is 218 g/mol. The lowest BCUT2D eigenvalue weighted by atomic mass is 9.98. The van der Waals surface area contributed by atoms with Crippen molar-refractivity contribution in [3.63, 3.8) is 0 Å². The first-order valence-electron chi connectivity index (χ1n) is 6.12. The summed E-state index contributed by atoms with van der Waals surface area (Å²) < 4.78 is 0. The molecule has 90 valence electrons. The van der Waals surface area contributed by atoms with Crippen LogP contribution in [0.25, 0.3) is 0 Å². The highest BCUT2D eigenvalue weighted by atomic mass is 32.1. The van der Waals surface area contributed by atoms with Gasteiger partial charge in [0.05, 0.1) is 16.7 Å². The summed E-state index contributed by atoms with van der Waals surface area (Å²) in [7, 11) is 0. The standard InChI is InChI=1S/C12H21N3S/c1-3-5-15-6-4-10(7-13)12(15)11-8-16-9(2)14-11/h8,10,12H,3-7,13H2,1-2H3. The SMILES string of the molecule is CCCN1CCC(CN)C1c1csc(C)n1. The molecule has 1 saturated heterocycles. The molecule has 0 bridgehead atoms. The molecule has 4 heteroatoms. The van der Waals surface area contributed by atoms with Gasteiger partial charge in [-0.25, -0.2) is 4.98 Å². The van der Waals surface area contributed by atoms with Crippen molar-refractivity contribution in [2.24, 2.45) is 11.7 Å². The number of rotatable bonds is 4. The zero-order chi connectivity index (χ0) is 11.5. The van der Waals surface area contributed by atoms with Gasteiger partial charge in [-0.1, -0.05) is 6.92 Å². The van der Waals surface area contributed by atoms with Crippen molar-refractivity contribution in [3.05, 3.63) is 16.1 Å². The summed E-state index contributed by atoms with van der Waals surface area (Å²) in [6.07, 6.45) is 2.43. The van der Waals surface area contributed by atoms with Gasteiger partial charge in [-0.2, -0.15) is 0 Å². The third kappa shape index (κ3) is 2.29. The smallest absolute Gasteiger partial charge is 0.0898 e. The monoisotopic (exact) mass is 239 g/mol. The molecule has 2 N–H and O–H groups in total. The van der Waals surface area contributed by atoms with E-state index in [2.05, 4.69) is 29.1 Å². The van der Waals surface area contributed by atoms with Crippen LogP contribution in [0.15, 0.2) is 5.38 Å². The van der Waals surface area contributed by atoms with E-state index in [0.29, 0.717) is 12.0 Å². The Kier molecular flexibility index (Phi) is 3.95. The van der Waals surface area contributed by atoms with Crippen LogP contribution in [0.3, 0.4) is 0 Å². The summed E-state index contributed by atoms with van der Waals surface area (Å²) in [6.45, 7) is 7.43. The molecule has 0 spiro atoms. The van der Waals surface area contributed by atoms with Crippen LogP contribution >= 0.6 is 11.3 Å². The van der Waals surface area contributed by atoms with Crippen LogP contribution in [0, 0.1) is 12.8 Å². The molecule has 0 saturated carbocycles. The molecule has 16 heavy (non-hydrogen) atoms. The lowest BCUT2D eigenvalue weighted by Crippen LogP contribution is -2.29. The van der Waals surface area contributed by atoms with E-state index in [4.69, 9.17) is 5.73 Å². The largest absolute Gasteiger partial charge is 0.330 e. The maximum atomic E-state index is 5.88. The maximum absolute atomic E-state index is 5.88. The van der Waals surface area contributed by atoms with Crippen molar-refractivity contribution in [2.45, 2.75) is 32.7 Å². The van der Waals surface area contributed by atoms with Crippen LogP contribution in [0.2, 0.25) is 0 Å². The van der Waals surface area contributed by atoms with Gasteiger partial charge in [-0.05, 0) is 45.3 Å². The Morgan fingerprint density at radius 2 is 2.44 bits per heavy atom. The van der Waals surface area contributed by atoms with Gasteiger partial charge in [0.25, 0.3) is 0 Å². The molecule has 1 aliphatic heterocycles. The van der Waals surface area contributed by atoms with E-state index in [9.17, 15) is 0 Å². The fourth-order valence-corrected chi connectivity index (χ4v) is 3.30. The van der Waals surface area contributed by atoms with Gasteiger partial charge in [0.1, 0.15) is 0 Å². The second kappa shape index (κ2) is 5.25. The minimum absolute atomic E-state index is 0.467. The van der Waals surface area contributed by atoms with Gasteiger partial charge in [0.2, 0.25) is 0 Å². The highest BCUT2D eigenvalue weighted by molar-refractivity contribution is 7.09. The molecule has 0 amide bonds. The molecule has 1 aromatic heterocycles. The highest BCUT2D eigenvalue weighted by Gasteiger charge is 2.35. The molecule has 3 nitrogen and oxygen atoms in total. The summed E-state index contributed by atoms with van der Waals surface area (Å²) >= 11 is 1.75. The van der Waals surface area contributed by atoms with Crippen LogP contribution in [0.1, 0.15) is 36.5 Å². The first-order valence-corrected chi connectivity index (χ1v) is 7.00. The third-order valence-electron chi connectivity index (χ3n) is 3.38. The van der Waals surface area contributed by atoms with Gasteiger partial charge in [-0.15, -0.1) is 11.3 Å². The van der Waals surface area contributed by atoms with Crippen LogP contribution in [-0.2, 0) is 0 Å². The molecule has 0 aliphatic carbocycles. The minimum Gasteiger partial charge on any atom is -0.330 e. The van der Waals surface area contributed by atoms with Gasteiger partial charge >= 0.3 is 0 Å². The van der Waals surface area contributed by atoms with E-state index >= 15 is 0 Å². The molecule has 2 rings (SSSR count). The van der Waals surface area contributed by atoms with Crippen LogP contribution in [-0.4, -0.2) is 29.5 Å². The molecule has 0 radical (unpaired) electrons. The third-order valence-corrected chi connectivity index (χ3v) is 4.17. The fourth-order valence-electron chi connectivity index (χ4n) is 2.66. The Balaban J connectivity index is 2.18. The van der Waals surface area contributed by atoms with Crippen LogP contribution < -0.4 is 5.73 Å². The number of aromatic nitrogens is 1. The molecule has 2 unspecified atom stereocenters. The van der Waals surface area contributed by atoms with Crippen molar-refractivity contribution >= 4 is 11.3 Å². The molecule has 2 atom stereocenters. The van der Waals surface area contributed by atoms with Gasteiger partial charge in [0, 0.05) is 5.38 Å². The van der Waals surface area contributed by atoms with Crippen LogP contribution in [0.5, 0.6) is 0 Å². The van der Waals surface area contributed by atoms with Gasteiger partial charge in [-0.3, -0.25) is 4.90 Å². The van der Waals surface area contributed by atoms with E-state index < -0.39 is 0 Å². The first kappa shape index (κ1) is 12.0. The van der Waals surface area contributed by atoms with E-state index in [-0.39, 0.29) is 0 Å². The predicted octanol–water partition coefficient (Wildman–Crippen LogP) is 2.18. The number of nitrogens with two attached hydrogens (primary N) is 1. The molecule has 0 aromatic carbocycles. The van der Waals surface area contributed by atoms with E-state index in [1.165, 1.54) is 25.1 Å². The summed E-state index contributed by atoms with van der Waals surface area (Å²) in [5.74, 6) is 0.591. The molecule has 1 aromatic rings. The van der Waals surface area contributed by atoms with Crippen LogP contribution in [0.4, 0.5) is 0 Å². The molecule has 1 aliphatic rings. The number of thiazole rings is 1. The molecular formula is C12H21N3S. The Hall–Kier alpha value is -0.450. The zero-order valence-electron chi connectivity index (χ0n) is 10.1. The van der Waals surface area contributed by atoms with Crippen molar-refractivity contribution < 1.29 is 0 Å². The quantitative estimate of drug-likeness (QED) is 0.875. The molecule has 2 heterocycles. The number of likely N-dealkylation sites (tertiary alicyclic amines) is 1. The van der Waals surface area contributed by atoms with E-state index in [1.807, 2.05) is 0 Å². The first-order chi connectivity index (χ1) is 7.76. The summed E-state index contributed by atoms with van der Waals surface area (Å²) in [4.78, 5) is 7.19. The normalized spacial score (nSPS) is 26.4. The van der Waals surface area contributed by atoms with Crippen molar-refractivity contribution in [1.82, 2.24) is 9.88 Å². The Morgan fingerprint density at radius 1 is 1.62 bits per heavy atom. The maximum Gasteiger partial charge on any atom is 0.0898 e. The number of aryl methyl sites for hydroxylation is 1. The van der Waals surface area contributed by atoms with Crippen molar-refractivity contribution in [3.8, 4) is 0 Å². The second-order valence-corrected chi connectivity index (χ2v) is 5.62. The number of hydrogen-bond donors (Lipinski definition) is 1. The summed E-state index contributed by atoms with van der Waals surface area (Å²) in [5.41, 5.74) is 7.12. The Bertz CT molecular complexity index is 337. The average molecular weight is 239 g/mol. The fraction of sp³-hybridized carbons (Fsp3) is 0.750. The highest BCUT2D eigenvalue weighted by Crippen LogP contribution is 2.36. The van der Waals surface area contributed by atoms with Gasteiger partial charge in [0.15, 0.2) is 0 Å². The van der Waals surface area contributed by atoms with E-state index in [0.717, 1.165) is 18.1 Å². The summed E-state index contributed by atoms with van der Waals surface area (Å²) in [5, 5.41) is 3.37. The average Bonchev–Trinajstić information content (AvgIpc) is 2.85. The number of nitrogens with zero attached hydrogens (tertiary/aromatic N) is 2. The lowest BCUT2D eigenvalue weighted by molar-refractivity contribution is 0.227. The lowest BCUT2D eigenvalue weighted by Gasteiger charge is -2.25. The Labute approximate surface area is 102 Å². The zero-order valence-corrected chi connectivity index (χ0v) is 11.0. The molecule has 1 fully saturated rings. The van der Waals surface area contributed by atoms with E-state index in [1.54, 1.807) is 11.3 Å². The number of hydrogen-bond acceptors (Lipinski definition) is 4. The van der Waals surface area contributed by atoms with Gasteiger partial charge < -0.3 is 5.73 Å². The van der Waals surface area contributed by atoms with Crippen molar-refractivity contribution in [2.75, 3.05) is 19.6 Å². The second-order valence-electron chi connectivity index (χ2n) is 4.56. The Morgan fingerprint density at radius 3 is 3.00 bits per heavy atom. The predicted molar refractivity (Wildman–Crippen MR) is 68.6 cm³/mol. The topological polar surface area (TPSA) is 42.1 Å². The summed E-state index contributed by atoms with van der Waals surface area (Å²) in [6, 6.07) is 0.467. The van der Waals surface area contributed by atoms with Crippen molar-refractivity contribution in [1.29, 1.82) is 0 Å².